The maximum Gasteiger partial charge on any atom is 0.255 e. The van der Waals surface area contributed by atoms with Crippen molar-refractivity contribution in [2.45, 2.75) is 31.2 Å². The van der Waals surface area contributed by atoms with Crippen molar-refractivity contribution >= 4 is 17.5 Å². The van der Waals surface area contributed by atoms with Gasteiger partial charge in [0.2, 0.25) is 0 Å². The topological polar surface area (TPSA) is 51.0 Å². The van der Waals surface area contributed by atoms with Crippen molar-refractivity contribution in [2.75, 3.05) is 13.1 Å². The van der Waals surface area contributed by atoms with Gasteiger partial charge in [-0.3, -0.25) is 4.79 Å². The summed E-state index contributed by atoms with van der Waals surface area (Å²) in [5.41, 5.74) is 1.66. The summed E-state index contributed by atoms with van der Waals surface area (Å²) in [6.07, 6.45) is 5.40. The van der Waals surface area contributed by atoms with Gasteiger partial charge in [-0.05, 0) is 31.4 Å². The van der Waals surface area contributed by atoms with Crippen LogP contribution in [0, 0.1) is 0 Å². The highest BCUT2D eigenvalue weighted by Gasteiger charge is 2.31. The zero-order chi connectivity index (χ0) is 15.1. The van der Waals surface area contributed by atoms with Crippen molar-refractivity contribution in [3.63, 3.8) is 0 Å². The number of benzene rings is 1. The summed E-state index contributed by atoms with van der Waals surface area (Å²) in [4.78, 5) is 14.4. The number of hydrogen-bond acceptors (Lipinski definition) is 3. The van der Waals surface area contributed by atoms with Crippen LogP contribution in [0.25, 0.3) is 0 Å². The van der Waals surface area contributed by atoms with Gasteiger partial charge >= 0.3 is 0 Å². The fourth-order valence-electron chi connectivity index (χ4n) is 2.98. The molecule has 5 nitrogen and oxygen atoms in total. The predicted octanol–water partition coefficient (Wildman–Crippen LogP) is 2.90. The minimum atomic E-state index is -0.00404. The summed E-state index contributed by atoms with van der Waals surface area (Å²) in [5, 5.41) is 9.01. The van der Waals surface area contributed by atoms with E-state index < -0.39 is 0 Å². The Morgan fingerprint density at radius 2 is 2.05 bits per heavy atom. The molecule has 1 aliphatic carbocycles. The summed E-state index contributed by atoms with van der Waals surface area (Å²) >= 11 is 6.12. The van der Waals surface area contributed by atoms with Gasteiger partial charge in [-0.25, -0.2) is 4.68 Å². The van der Waals surface area contributed by atoms with Crippen molar-refractivity contribution in [1.29, 1.82) is 0 Å². The standard InChI is InChI=1S/C16H17ClN4O/c17-14-4-2-1-3-13(14)16(22)20-8-7-12(9-20)21-10-15(18-19-21)11-5-6-11/h1-4,10-12H,5-9H2. The van der Waals surface area contributed by atoms with Crippen molar-refractivity contribution in [1.82, 2.24) is 19.9 Å². The lowest BCUT2D eigenvalue weighted by Gasteiger charge is -2.17. The molecule has 2 heterocycles. The highest BCUT2D eigenvalue weighted by molar-refractivity contribution is 6.33. The van der Waals surface area contributed by atoms with Crippen LogP contribution in [0.15, 0.2) is 30.5 Å². The second-order valence-corrected chi connectivity index (χ2v) is 6.48. The third kappa shape index (κ3) is 2.50. The average Bonchev–Trinajstić information content (AvgIpc) is 3.07. The molecule has 1 aromatic heterocycles. The second kappa shape index (κ2) is 5.39. The van der Waals surface area contributed by atoms with Crippen LogP contribution >= 0.6 is 11.6 Å². The van der Waals surface area contributed by atoms with Gasteiger partial charge in [-0.2, -0.15) is 0 Å². The summed E-state index contributed by atoms with van der Waals surface area (Å²) in [6, 6.07) is 7.42. The Bertz CT molecular complexity index is 710. The number of carbonyl (C=O) groups excluding carboxylic acids is 1. The summed E-state index contributed by atoms with van der Waals surface area (Å²) < 4.78 is 1.92. The molecule has 1 amide bonds. The Hall–Kier alpha value is -1.88. The van der Waals surface area contributed by atoms with Crippen LogP contribution in [-0.2, 0) is 0 Å². The predicted molar refractivity (Wildman–Crippen MR) is 83.0 cm³/mol. The summed E-state index contributed by atoms with van der Waals surface area (Å²) in [6.45, 7) is 1.39. The van der Waals surface area contributed by atoms with E-state index in [4.69, 9.17) is 11.6 Å². The van der Waals surface area contributed by atoms with E-state index in [-0.39, 0.29) is 11.9 Å². The summed E-state index contributed by atoms with van der Waals surface area (Å²) in [7, 11) is 0. The van der Waals surface area contributed by atoms with E-state index in [0.717, 1.165) is 18.7 Å². The number of halogens is 1. The Morgan fingerprint density at radius 1 is 1.23 bits per heavy atom. The molecule has 0 radical (unpaired) electrons. The fourth-order valence-corrected chi connectivity index (χ4v) is 3.20. The van der Waals surface area contributed by atoms with Gasteiger partial charge in [-0.1, -0.05) is 28.9 Å². The van der Waals surface area contributed by atoms with Crippen LogP contribution in [0.2, 0.25) is 5.02 Å². The Kier molecular flexibility index (Phi) is 3.37. The lowest BCUT2D eigenvalue weighted by molar-refractivity contribution is 0.0787. The maximum absolute atomic E-state index is 12.6. The first-order valence-electron chi connectivity index (χ1n) is 7.68. The molecule has 1 unspecified atom stereocenters. The largest absolute Gasteiger partial charge is 0.336 e. The molecule has 0 N–H and O–H groups in total. The fraction of sp³-hybridized carbons (Fsp3) is 0.438. The van der Waals surface area contributed by atoms with Gasteiger partial charge in [0.25, 0.3) is 5.91 Å². The average molecular weight is 317 g/mol. The number of nitrogens with zero attached hydrogens (tertiary/aromatic N) is 4. The number of aromatic nitrogens is 3. The van der Waals surface area contributed by atoms with E-state index in [1.807, 2.05) is 27.9 Å². The number of hydrogen-bond donors (Lipinski definition) is 0. The van der Waals surface area contributed by atoms with Crippen LogP contribution in [-0.4, -0.2) is 38.9 Å². The molecule has 6 heteroatoms. The van der Waals surface area contributed by atoms with Crippen molar-refractivity contribution in [2.24, 2.45) is 0 Å². The van der Waals surface area contributed by atoms with Crippen LogP contribution in [0.4, 0.5) is 0 Å². The van der Waals surface area contributed by atoms with Gasteiger partial charge < -0.3 is 4.90 Å². The van der Waals surface area contributed by atoms with Crippen LogP contribution in [0.5, 0.6) is 0 Å². The number of amides is 1. The molecule has 1 saturated carbocycles. The van der Waals surface area contributed by atoms with Crippen molar-refractivity contribution < 1.29 is 4.79 Å². The molecule has 2 aliphatic rings. The SMILES string of the molecule is O=C(c1ccccc1Cl)N1CCC(n2cc(C3CC3)nn2)C1. The van der Waals surface area contributed by atoms with E-state index in [1.54, 1.807) is 12.1 Å². The highest BCUT2D eigenvalue weighted by Crippen LogP contribution is 2.39. The number of likely N-dealkylation sites (tertiary alicyclic amines) is 1. The minimum absolute atomic E-state index is 0.00404. The normalized spacial score (nSPS) is 21.3. The quantitative estimate of drug-likeness (QED) is 0.875. The monoisotopic (exact) mass is 316 g/mol. The van der Waals surface area contributed by atoms with Crippen LogP contribution in [0.1, 0.15) is 47.3 Å². The Balaban J connectivity index is 1.47. The molecule has 1 aromatic carbocycles. The smallest absolute Gasteiger partial charge is 0.255 e. The maximum atomic E-state index is 12.6. The van der Waals surface area contributed by atoms with E-state index in [0.29, 0.717) is 23.0 Å². The third-order valence-electron chi connectivity index (χ3n) is 4.45. The molecule has 114 valence electrons. The van der Waals surface area contributed by atoms with Gasteiger partial charge in [0, 0.05) is 25.2 Å². The first kappa shape index (κ1) is 13.8. The molecule has 1 saturated heterocycles. The molecule has 1 aliphatic heterocycles. The van der Waals surface area contributed by atoms with Crippen LogP contribution < -0.4 is 0 Å². The van der Waals surface area contributed by atoms with E-state index in [9.17, 15) is 4.79 Å². The first-order valence-corrected chi connectivity index (χ1v) is 8.05. The van der Waals surface area contributed by atoms with Gasteiger partial charge in [-0.15, -0.1) is 5.10 Å². The highest BCUT2D eigenvalue weighted by atomic mass is 35.5. The van der Waals surface area contributed by atoms with Gasteiger partial charge in [0.15, 0.2) is 0 Å². The number of rotatable bonds is 3. The zero-order valence-electron chi connectivity index (χ0n) is 12.2. The lowest BCUT2D eigenvalue weighted by atomic mass is 10.2. The van der Waals surface area contributed by atoms with Gasteiger partial charge in [0.1, 0.15) is 0 Å². The van der Waals surface area contributed by atoms with E-state index in [1.165, 1.54) is 12.8 Å². The van der Waals surface area contributed by atoms with Gasteiger partial charge in [0.05, 0.1) is 22.3 Å². The zero-order valence-corrected chi connectivity index (χ0v) is 12.9. The Morgan fingerprint density at radius 3 is 2.82 bits per heavy atom. The Labute approximate surface area is 133 Å². The van der Waals surface area contributed by atoms with E-state index >= 15 is 0 Å². The molecular weight excluding hydrogens is 300 g/mol. The van der Waals surface area contributed by atoms with Crippen molar-refractivity contribution in [3.05, 3.63) is 46.7 Å². The molecular formula is C16H17ClN4O. The van der Waals surface area contributed by atoms with Crippen molar-refractivity contribution in [3.8, 4) is 0 Å². The lowest BCUT2D eigenvalue weighted by Crippen LogP contribution is -2.29. The first-order chi connectivity index (χ1) is 10.7. The number of carbonyl (C=O) groups is 1. The summed E-state index contributed by atoms with van der Waals surface area (Å²) in [5.74, 6) is 0.603. The third-order valence-corrected chi connectivity index (χ3v) is 4.78. The second-order valence-electron chi connectivity index (χ2n) is 6.07. The minimum Gasteiger partial charge on any atom is -0.336 e. The molecule has 0 bridgehead atoms. The molecule has 4 rings (SSSR count). The molecule has 1 atom stereocenters. The molecule has 0 spiro atoms. The van der Waals surface area contributed by atoms with E-state index in [2.05, 4.69) is 10.3 Å². The van der Waals surface area contributed by atoms with Crippen LogP contribution in [0.3, 0.4) is 0 Å². The molecule has 2 fully saturated rings. The molecule has 22 heavy (non-hydrogen) atoms. The molecule has 2 aromatic rings.